The van der Waals surface area contributed by atoms with Crippen LogP contribution in [0.4, 0.5) is 0 Å². The molecule has 2 aromatic heterocycles. The van der Waals surface area contributed by atoms with Gasteiger partial charge in [0.1, 0.15) is 11.8 Å². The van der Waals surface area contributed by atoms with Crippen LogP contribution in [0.25, 0.3) is 11.4 Å². The van der Waals surface area contributed by atoms with Gasteiger partial charge in [0, 0.05) is 13.2 Å². The van der Waals surface area contributed by atoms with E-state index in [1.165, 1.54) is 0 Å². The molecule has 0 unspecified atom stereocenters. The number of halogens is 1. The molecule has 0 aliphatic carbocycles. The van der Waals surface area contributed by atoms with E-state index in [4.69, 9.17) is 5.26 Å². The second kappa shape index (κ2) is 3.83. The van der Waals surface area contributed by atoms with Crippen LogP contribution in [0.2, 0.25) is 0 Å². The van der Waals surface area contributed by atoms with Gasteiger partial charge in [0.15, 0.2) is 5.69 Å². The fourth-order valence-corrected chi connectivity index (χ4v) is 1.98. The van der Waals surface area contributed by atoms with Gasteiger partial charge >= 0.3 is 0 Å². The molecule has 0 N–H and O–H groups in total. The predicted octanol–water partition coefficient (Wildman–Crippen LogP) is 2.12. The van der Waals surface area contributed by atoms with Crippen LogP contribution in [0.3, 0.4) is 0 Å². The van der Waals surface area contributed by atoms with Crippen molar-refractivity contribution in [1.29, 1.82) is 5.26 Å². The third-order valence-electron chi connectivity index (χ3n) is 2.00. The molecule has 2 aromatic rings. The summed E-state index contributed by atoms with van der Waals surface area (Å²) < 4.78 is 2.33. The van der Waals surface area contributed by atoms with E-state index in [1.807, 2.05) is 24.3 Å². The largest absolute Gasteiger partial charge is 0.264 e. The number of nitrogens with zero attached hydrogens (tertiary/aromatic N) is 4. The van der Waals surface area contributed by atoms with Gasteiger partial charge in [-0.2, -0.15) is 10.4 Å². The molecule has 5 heteroatoms. The number of pyridine rings is 1. The first-order valence-electron chi connectivity index (χ1n) is 4.28. The van der Waals surface area contributed by atoms with E-state index in [9.17, 15) is 0 Å². The lowest BCUT2D eigenvalue weighted by molar-refractivity contribution is 0.768. The summed E-state index contributed by atoms with van der Waals surface area (Å²) in [5, 5.41) is 12.9. The lowest BCUT2D eigenvalue weighted by atomic mass is 10.2. The molecule has 0 aliphatic rings. The van der Waals surface area contributed by atoms with Gasteiger partial charge in [0.25, 0.3) is 0 Å². The fraction of sp³-hybridized carbons (Fsp3) is 0.100. The minimum absolute atomic E-state index is 0.373. The maximum absolute atomic E-state index is 8.83. The van der Waals surface area contributed by atoms with Crippen molar-refractivity contribution in [3.05, 3.63) is 34.6 Å². The van der Waals surface area contributed by atoms with Crippen molar-refractivity contribution < 1.29 is 0 Å². The van der Waals surface area contributed by atoms with Crippen molar-refractivity contribution in [3.63, 3.8) is 0 Å². The van der Waals surface area contributed by atoms with Crippen LogP contribution in [0, 0.1) is 11.3 Å². The summed E-state index contributed by atoms with van der Waals surface area (Å²) >= 11 is 3.35. The summed E-state index contributed by atoms with van der Waals surface area (Å²) in [6, 6.07) is 7.64. The van der Waals surface area contributed by atoms with Crippen LogP contribution in [0.5, 0.6) is 0 Å². The van der Waals surface area contributed by atoms with Gasteiger partial charge < -0.3 is 0 Å². The molecule has 0 atom stereocenters. The summed E-state index contributed by atoms with van der Waals surface area (Å²) in [4.78, 5) is 4.22. The molecule has 0 aliphatic heterocycles. The zero-order valence-electron chi connectivity index (χ0n) is 7.98. The maximum Gasteiger partial charge on any atom is 0.177 e. The summed E-state index contributed by atoms with van der Waals surface area (Å²) in [6.45, 7) is 0. The van der Waals surface area contributed by atoms with E-state index in [-0.39, 0.29) is 0 Å². The lowest BCUT2D eigenvalue weighted by Crippen LogP contribution is -1.95. The van der Waals surface area contributed by atoms with E-state index in [2.05, 4.69) is 26.0 Å². The van der Waals surface area contributed by atoms with Gasteiger partial charge in [-0.25, -0.2) is 0 Å². The van der Waals surface area contributed by atoms with E-state index < -0.39 is 0 Å². The highest BCUT2D eigenvalue weighted by Gasteiger charge is 2.15. The lowest BCUT2D eigenvalue weighted by Gasteiger charge is -2.00. The molecule has 15 heavy (non-hydrogen) atoms. The molecule has 0 radical (unpaired) electrons. The highest BCUT2D eigenvalue weighted by molar-refractivity contribution is 9.10. The third-order valence-corrected chi connectivity index (χ3v) is 2.75. The molecule has 0 amide bonds. The monoisotopic (exact) mass is 262 g/mol. The third kappa shape index (κ3) is 1.64. The number of hydrogen-bond acceptors (Lipinski definition) is 3. The summed E-state index contributed by atoms with van der Waals surface area (Å²) in [5.74, 6) is 0. The van der Waals surface area contributed by atoms with Crippen LogP contribution >= 0.6 is 15.9 Å². The Bertz CT molecular complexity index is 524. The molecule has 0 saturated heterocycles. The van der Waals surface area contributed by atoms with Crippen molar-refractivity contribution in [2.45, 2.75) is 0 Å². The van der Waals surface area contributed by atoms with E-state index in [1.54, 1.807) is 17.9 Å². The molecule has 0 aromatic carbocycles. The second-order valence-corrected chi connectivity index (χ2v) is 3.75. The molecule has 2 heterocycles. The molecule has 74 valence electrons. The molecule has 0 fully saturated rings. The fourth-order valence-electron chi connectivity index (χ4n) is 1.35. The van der Waals surface area contributed by atoms with Gasteiger partial charge in [-0.3, -0.25) is 9.67 Å². The van der Waals surface area contributed by atoms with Crippen LogP contribution in [0.15, 0.2) is 28.9 Å². The van der Waals surface area contributed by atoms with Gasteiger partial charge in [0.2, 0.25) is 0 Å². The van der Waals surface area contributed by atoms with E-state index in [0.29, 0.717) is 10.2 Å². The van der Waals surface area contributed by atoms with Crippen LogP contribution in [-0.2, 0) is 7.05 Å². The maximum atomic E-state index is 8.83. The zero-order chi connectivity index (χ0) is 10.8. The molecule has 0 saturated carbocycles. The smallest absolute Gasteiger partial charge is 0.177 e. The summed E-state index contributed by atoms with van der Waals surface area (Å²) in [7, 11) is 1.79. The molecule has 0 bridgehead atoms. The van der Waals surface area contributed by atoms with Gasteiger partial charge in [0.05, 0.1) is 10.2 Å². The zero-order valence-corrected chi connectivity index (χ0v) is 9.56. The Morgan fingerprint density at radius 1 is 1.47 bits per heavy atom. The van der Waals surface area contributed by atoms with Crippen LogP contribution in [0.1, 0.15) is 5.69 Å². The first-order chi connectivity index (χ1) is 7.24. The Kier molecular flexibility index (Phi) is 2.52. The van der Waals surface area contributed by atoms with Gasteiger partial charge in [-0.1, -0.05) is 6.07 Å². The highest BCUT2D eigenvalue weighted by atomic mass is 79.9. The Hall–Kier alpha value is -1.67. The molecule has 2 rings (SSSR count). The summed E-state index contributed by atoms with van der Waals surface area (Å²) in [6.07, 6.45) is 1.71. The highest BCUT2D eigenvalue weighted by Crippen LogP contribution is 2.28. The van der Waals surface area contributed by atoms with Gasteiger partial charge in [-0.15, -0.1) is 0 Å². The first kappa shape index (κ1) is 9.87. The topological polar surface area (TPSA) is 54.5 Å². The minimum atomic E-state index is 0.373. The normalized spacial score (nSPS) is 9.93. The van der Waals surface area contributed by atoms with Crippen molar-refractivity contribution >= 4 is 15.9 Å². The Morgan fingerprint density at radius 3 is 2.80 bits per heavy atom. The number of hydrogen-bond donors (Lipinski definition) is 0. The second-order valence-electron chi connectivity index (χ2n) is 2.96. The van der Waals surface area contributed by atoms with Crippen molar-refractivity contribution in [3.8, 4) is 17.5 Å². The number of nitriles is 1. The average Bonchev–Trinajstić information content (AvgIpc) is 2.55. The summed E-state index contributed by atoms with van der Waals surface area (Å²) in [5.41, 5.74) is 1.98. The van der Waals surface area contributed by atoms with Crippen molar-refractivity contribution in [1.82, 2.24) is 14.8 Å². The SMILES string of the molecule is Cn1nc(C#N)c(Br)c1-c1ccccn1. The number of aromatic nitrogens is 3. The van der Waals surface area contributed by atoms with Crippen LogP contribution < -0.4 is 0 Å². The van der Waals surface area contributed by atoms with E-state index >= 15 is 0 Å². The Morgan fingerprint density at radius 2 is 2.27 bits per heavy atom. The quantitative estimate of drug-likeness (QED) is 0.791. The minimum Gasteiger partial charge on any atom is -0.264 e. The van der Waals surface area contributed by atoms with Crippen molar-refractivity contribution in [2.24, 2.45) is 7.05 Å². The van der Waals surface area contributed by atoms with Gasteiger partial charge in [-0.05, 0) is 28.1 Å². The molecular weight excluding hydrogens is 256 g/mol. The number of aryl methyl sites for hydroxylation is 1. The Balaban J connectivity index is 2.65. The molecular formula is C10H7BrN4. The first-order valence-corrected chi connectivity index (χ1v) is 5.07. The standard InChI is InChI=1S/C10H7BrN4/c1-15-10(7-4-2-3-5-13-7)9(11)8(6-12)14-15/h2-5H,1H3. The Labute approximate surface area is 95.3 Å². The van der Waals surface area contributed by atoms with Crippen LogP contribution in [-0.4, -0.2) is 14.8 Å². The average molecular weight is 263 g/mol. The molecule has 0 spiro atoms. The van der Waals surface area contributed by atoms with Crippen molar-refractivity contribution in [2.75, 3.05) is 0 Å². The molecule has 4 nitrogen and oxygen atoms in total. The predicted molar refractivity (Wildman–Crippen MR) is 58.9 cm³/mol. The number of rotatable bonds is 1. The van der Waals surface area contributed by atoms with E-state index in [0.717, 1.165) is 11.4 Å².